The lowest BCUT2D eigenvalue weighted by molar-refractivity contribution is -0.118. The third-order valence-electron chi connectivity index (χ3n) is 3.49. The molecule has 0 saturated carbocycles. The molecule has 0 spiro atoms. The van der Waals surface area contributed by atoms with Gasteiger partial charge in [-0.15, -0.1) is 0 Å². The largest absolute Gasteiger partial charge is 0.330 e. The molecule has 1 rings (SSSR count). The number of benzene rings is 1. The van der Waals surface area contributed by atoms with Crippen molar-refractivity contribution in [3.05, 3.63) is 33.8 Å². The Morgan fingerprint density at radius 2 is 1.95 bits per heavy atom. The first kappa shape index (κ1) is 17.5. The number of ketones is 1. The zero-order chi connectivity index (χ0) is 15.0. The maximum Gasteiger partial charge on any atom is 0.137 e. The van der Waals surface area contributed by atoms with Crippen LogP contribution in [0.15, 0.2) is 18.2 Å². The number of Topliss-reactive ketones (excluding diaryl/α,β-unsaturated/α-hetero) is 1. The Hall–Kier alpha value is -0.570. The van der Waals surface area contributed by atoms with Crippen molar-refractivity contribution in [1.82, 2.24) is 0 Å². The van der Waals surface area contributed by atoms with Crippen molar-refractivity contribution < 1.29 is 4.79 Å². The van der Waals surface area contributed by atoms with E-state index in [2.05, 4.69) is 6.92 Å². The summed E-state index contributed by atoms with van der Waals surface area (Å²) in [4.78, 5) is 12.0. The van der Waals surface area contributed by atoms with Gasteiger partial charge in [-0.05, 0) is 43.0 Å². The van der Waals surface area contributed by atoms with Gasteiger partial charge in [-0.2, -0.15) is 0 Å². The van der Waals surface area contributed by atoms with Crippen LogP contribution in [0.3, 0.4) is 0 Å². The number of carbonyl (C=O) groups is 1. The van der Waals surface area contributed by atoms with Crippen LogP contribution >= 0.6 is 23.2 Å². The summed E-state index contributed by atoms with van der Waals surface area (Å²) in [6, 6.07) is 5.36. The Morgan fingerprint density at radius 3 is 2.55 bits per heavy atom. The first-order valence-corrected chi connectivity index (χ1v) is 7.98. The number of hydrogen-bond acceptors (Lipinski definition) is 2. The number of rotatable bonds is 9. The van der Waals surface area contributed by atoms with Gasteiger partial charge in [0.05, 0.1) is 10.0 Å². The minimum absolute atomic E-state index is 0.251. The highest BCUT2D eigenvalue weighted by molar-refractivity contribution is 6.42. The predicted octanol–water partition coefficient (Wildman–Crippen LogP) is 4.65. The van der Waals surface area contributed by atoms with E-state index in [9.17, 15) is 4.79 Å². The van der Waals surface area contributed by atoms with Crippen molar-refractivity contribution in [3.63, 3.8) is 0 Å². The summed E-state index contributed by atoms with van der Waals surface area (Å²) in [5.74, 6) is 0.823. The monoisotopic (exact) mass is 315 g/mol. The van der Waals surface area contributed by atoms with Gasteiger partial charge in [0.1, 0.15) is 5.78 Å². The molecule has 0 heterocycles. The third kappa shape index (κ3) is 6.25. The molecule has 0 fully saturated rings. The van der Waals surface area contributed by atoms with Crippen molar-refractivity contribution in [1.29, 1.82) is 0 Å². The molecule has 112 valence electrons. The fraction of sp³-hybridized carbons (Fsp3) is 0.562. The summed E-state index contributed by atoms with van der Waals surface area (Å²) < 4.78 is 0. The second-order valence-electron chi connectivity index (χ2n) is 5.23. The molecule has 1 aromatic rings. The van der Waals surface area contributed by atoms with E-state index in [1.807, 2.05) is 6.07 Å². The first-order chi connectivity index (χ1) is 9.56. The van der Waals surface area contributed by atoms with E-state index in [1.165, 1.54) is 0 Å². The molecule has 2 N–H and O–H groups in total. The van der Waals surface area contributed by atoms with Crippen LogP contribution < -0.4 is 5.73 Å². The topological polar surface area (TPSA) is 43.1 Å². The number of halogens is 2. The predicted molar refractivity (Wildman–Crippen MR) is 86.5 cm³/mol. The van der Waals surface area contributed by atoms with Crippen molar-refractivity contribution in [2.24, 2.45) is 11.7 Å². The van der Waals surface area contributed by atoms with Gasteiger partial charge in [0.25, 0.3) is 0 Å². The molecule has 1 unspecified atom stereocenters. The zero-order valence-electron chi connectivity index (χ0n) is 12.0. The fourth-order valence-corrected chi connectivity index (χ4v) is 2.73. The van der Waals surface area contributed by atoms with E-state index in [-0.39, 0.29) is 5.78 Å². The molecule has 0 aliphatic heterocycles. The summed E-state index contributed by atoms with van der Waals surface area (Å²) in [7, 11) is 0. The van der Waals surface area contributed by atoms with Gasteiger partial charge in [0.2, 0.25) is 0 Å². The fourth-order valence-electron chi connectivity index (χ4n) is 2.41. The van der Waals surface area contributed by atoms with E-state index in [0.29, 0.717) is 35.3 Å². The van der Waals surface area contributed by atoms with Crippen molar-refractivity contribution in [2.45, 2.75) is 45.4 Å². The normalized spacial score (nSPS) is 12.4. The van der Waals surface area contributed by atoms with Gasteiger partial charge in [-0.3, -0.25) is 4.79 Å². The van der Waals surface area contributed by atoms with E-state index in [0.717, 1.165) is 31.2 Å². The van der Waals surface area contributed by atoms with Gasteiger partial charge in [0.15, 0.2) is 0 Å². The van der Waals surface area contributed by atoms with Crippen molar-refractivity contribution in [2.75, 3.05) is 6.54 Å². The Labute approximate surface area is 131 Å². The number of carbonyl (C=O) groups excluding carboxylic acids is 1. The van der Waals surface area contributed by atoms with E-state index in [4.69, 9.17) is 28.9 Å². The smallest absolute Gasteiger partial charge is 0.137 e. The van der Waals surface area contributed by atoms with Crippen LogP contribution in [0.4, 0.5) is 0 Å². The lowest BCUT2D eigenvalue weighted by Gasteiger charge is -2.14. The average molecular weight is 316 g/mol. The molecule has 0 amide bonds. The van der Waals surface area contributed by atoms with Crippen LogP contribution in [0.25, 0.3) is 0 Å². The second kappa shape index (κ2) is 9.38. The van der Waals surface area contributed by atoms with E-state index < -0.39 is 0 Å². The zero-order valence-corrected chi connectivity index (χ0v) is 13.5. The molecule has 0 radical (unpaired) electrons. The van der Waals surface area contributed by atoms with Crippen LogP contribution in [0, 0.1) is 5.92 Å². The Bertz CT molecular complexity index is 428. The molecular formula is C16H23Cl2NO. The Morgan fingerprint density at radius 1 is 1.20 bits per heavy atom. The minimum Gasteiger partial charge on any atom is -0.330 e. The Balaban J connectivity index is 2.44. The molecule has 20 heavy (non-hydrogen) atoms. The number of hydrogen-bond donors (Lipinski definition) is 1. The standard InChI is InChI=1S/C16H23Cl2NO/c1-2-3-12(8-9-19)4-6-14(20)10-13-5-7-15(17)16(18)11-13/h5,7,11-12H,2-4,6,8-10,19H2,1H3. The molecule has 1 atom stereocenters. The molecule has 0 bridgehead atoms. The van der Waals surface area contributed by atoms with Gasteiger partial charge in [0, 0.05) is 12.8 Å². The lowest BCUT2D eigenvalue weighted by Crippen LogP contribution is -2.11. The average Bonchev–Trinajstić information content (AvgIpc) is 2.41. The summed E-state index contributed by atoms with van der Waals surface area (Å²) in [5, 5.41) is 1.03. The summed E-state index contributed by atoms with van der Waals surface area (Å²) in [5.41, 5.74) is 6.53. The first-order valence-electron chi connectivity index (χ1n) is 7.22. The molecule has 2 nitrogen and oxygen atoms in total. The lowest BCUT2D eigenvalue weighted by atomic mass is 9.92. The van der Waals surface area contributed by atoms with Crippen molar-refractivity contribution >= 4 is 29.0 Å². The SMILES string of the molecule is CCCC(CCN)CCC(=O)Cc1ccc(Cl)c(Cl)c1. The highest BCUT2D eigenvalue weighted by Crippen LogP contribution is 2.23. The summed E-state index contributed by atoms with van der Waals surface area (Å²) in [6.45, 7) is 2.87. The van der Waals surface area contributed by atoms with Crippen molar-refractivity contribution in [3.8, 4) is 0 Å². The van der Waals surface area contributed by atoms with E-state index >= 15 is 0 Å². The van der Waals surface area contributed by atoms with Crippen LogP contribution in [-0.2, 0) is 11.2 Å². The molecule has 1 aromatic carbocycles. The van der Waals surface area contributed by atoms with Crippen LogP contribution in [-0.4, -0.2) is 12.3 Å². The van der Waals surface area contributed by atoms with Crippen LogP contribution in [0.1, 0.15) is 44.6 Å². The second-order valence-corrected chi connectivity index (χ2v) is 6.05. The summed E-state index contributed by atoms with van der Waals surface area (Å²) >= 11 is 11.8. The number of nitrogens with two attached hydrogens (primary N) is 1. The highest BCUT2D eigenvalue weighted by Gasteiger charge is 2.11. The maximum atomic E-state index is 12.0. The maximum absolute atomic E-state index is 12.0. The molecule has 0 saturated heterocycles. The van der Waals surface area contributed by atoms with E-state index in [1.54, 1.807) is 12.1 Å². The van der Waals surface area contributed by atoms with Gasteiger partial charge >= 0.3 is 0 Å². The molecule has 0 aromatic heterocycles. The quantitative estimate of drug-likeness (QED) is 0.720. The van der Waals surface area contributed by atoms with Gasteiger partial charge in [-0.1, -0.05) is 49.0 Å². The molecule has 0 aliphatic rings. The molecular weight excluding hydrogens is 293 g/mol. The highest BCUT2D eigenvalue weighted by atomic mass is 35.5. The van der Waals surface area contributed by atoms with Crippen LogP contribution in [0.5, 0.6) is 0 Å². The van der Waals surface area contributed by atoms with Gasteiger partial charge in [-0.25, -0.2) is 0 Å². The third-order valence-corrected chi connectivity index (χ3v) is 4.23. The molecule has 0 aliphatic carbocycles. The van der Waals surface area contributed by atoms with Gasteiger partial charge < -0.3 is 5.73 Å². The minimum atomic E-state index is 0.251. The summed E-state index contributed by atoms with van der Waals surface area (Å²) in [6.07, 6.45) is 5.28. The van der Waals surface area contributed by atoms with Crippen LogP contribution in [0.2, 0.25) is 10.0 Å². The Kier molecular flexibility index (Phi) is 8.20. The molecule has 4 heteroatoms.